The maximum Gasteiger partial charge on any atom is 0.227 e. The molecule has 0 bridgehead atoms. The van der Waals surface area contributed by atoms with Crippen LogP contribution < -0.4 is 10.6 Å². The number of anilines is 1. The van der Waals surface area contributed by atoms with Crippen molar-refractivity contribution < 1.29 is 14.0 Å². The summed E-state index contributed by atoms with van der Waals surface area (Å²) in [6.45, 7) is 3.72. The SMILES string of the molecule is O=C(CC1(c2ccc(F)cc2Cl)CCCC1)NCCCN1CCC(c2cccc(NC(=O)C3CC3)c2)CC1. The van der Waals surface area contributed by atoms with E-state index >= 15 is 0 Å². The smallest absolute Gasteiger partial charge is 0.227 e. The zero-order valence-electron chi connectivity index (χ0n) is 22.1. The number of piperidine rings is 1. The van der Waals surface area contributed by atoms with Gasteiger partial charge in [-0.1, -0.05) is 42.6 Å². The van der Waals surface area contributed by atoms with Crippen LogP contribution in [0.15, 0.2) is 42.5 Å². The van der Waals surface area contributed by atoms with Gasteiger partial charge in [-0.15, -0.1) is 0 Å². The van der Waals surface area contributed by atoms with Crippen LogP contribution in [0.2, 0.25) is 5.02 Å². The second-order valence-corrected chi connectivity index (χ2v) is 11.9. The van der Waals surface area contributed by atoms with Crippen LogP contribution in [0.25, 0.3) is 0 Å². The van der Waals surface area contributed by atoms with Crippen LogP contribution in [-0.2, 0) is 15.0 Å². The van der Waals surface area contributed by atoms with E-state index in [1.165, 1.54) is 17.7 Å². The van der Waals surface area contributed by atoms with Crippen LogP contribution >= 0.6 is 11.6 Å². The van der Waals surface area contributed by atoms with Gasteiger partial charge in [0.1, 0.15) is 5.82 Å². The Balaban J connectivity index is 1.03. The van der Waals surface area contributed by atoms with Gasteiger partial charge in [-0.3, -0.25) is 9.59 Å². The van der Waals surface area contributed by atoms with Crippen molar-refractivity contribution in [2.24, 2.45) is 5.92 Å². The molecule has 204 valence electrons. The van der Waals surface area contributed by atoms with Crippen molar-refractivity contribution in [2.75, 3.05) is 31.5 Å². The summed E-state index contributed by atoms with van der Waals surface area (Å²) in [7, 11) is 0. The van der Waals surface area contributed by atoms with Crippen molar-refractivity contribution in [3.8, 4) is 0 Å². The first-order valence-electron chi connectivity index (χ1n) is 14.3. The molecule has 1 aliphatic heterocycles. The van der Waals surface area contributed by atoms with Crippen molar-refractivity contribution in [1.29, 1.82) is 0 Å². The number of halogens is 2. The van der Waals surface area contributed by atoms with E-state index in [0.29, 0.717) is 23.9 Å². The van der Waals surface area contributed by atoms with Gasteiger partial charge < -0.3 is 15.5 Å². The molecule has 3 fully saturated rings. The Morgan fingerprint density at radius 2 is 1.79 bits per heavy atom. The molecule has 0 atom stereocenters. The predicted molar refractivity (Wildman–Crippen MR) is 150 cm³/mol. The number of likely N-dealkylation sites (tertiary alicyclic amines) is 1. The lowest BCUT2D eigenvalue weighted by Crippen LogP contribution is -2.37. The van der Waals surface area contributed by atoms with Gasteiger partial charge in [0.2, 0.25) is 11.8 Å². The number of rotatable bonds is 10. The molecular weight excluding hydrogens is 501 g/mol. The standard InChI is InChI=1S/C31H39ClFN3O2/c32-28-20-25(33)9-10-27(28)31(13-1-2-14-31)21-29(37)34-15-4-16-36-17-11-22(12-18-36)24-5-3-6-26(19-24)35-30(38)23-7-8-23/h3,5-6,9-10,19-20,22-23H,1-2,4,7-8,11-18,21H2,(H,34,37)(H,35,38). The van der Waals surface area contributed by atoms with E-state index in [4.69, 9.17) is 11.6 Å². The van der Waals surface area contributed by atoms with Crippen molar-refractivity contribution in [3.05, 3.63) is 64.4 Å². The van der Waals surface area contributed by atoms with E-state index in [1.807, 2.05) is 12.1 Å². The maximum absolute atomic E-state index is 13.6. The van der Waals surface area contributed by atoms with Crippen molar-refractivity contribution in [1.82, 2.24) is 10.2 Å². The molecule has 2 amide bonds. The summed E-state index contributed by atoms with van der Waals surface area (Å²) >= 11 is 6.39. The Labute approximate surface area is 230 Å². The first-order chi connectivity index (χ1) is 18.4. The summed E-state index contributed by atoms with van der Waals surface area (Å²) in [5.41, 5.74) is 2.85. The van der Waals surface area contributed by atoms with Crippen molar-refractivity contribution in [3.63, 3.8) is 0 Å². The minimum absolute atomic E-state index is 0.0552. The second-order valence-electron chi connectivity index (χ2n) is 11.5. The van der Waals surface area contributed by atoms with Crippen LogP contribution in [0.4, 0.5) is 10.1 Å². The molecular formula is C31H39ClFN3O2. The molecule has 2 N–H and O–H groups in total. The molecule has 1 heterocycles. The molecule has 0 spiro atoms. The Morgan fingerprint density at radius 1 is 1.03 bits per heavy atom. The fourth-order valence-electron chi connectivity index (χ4n) is 6.36. The van der Waals surface area contributed by atoms with E-state index in [1.54, 1.807) is 6.07 Å². The number of carbonyl (C=O) groups is 2. The molecule has 2 saturated carbocycles. The summed E-state index contributed by atoms with van der Waals surface area (Å²) in [4.78, 5) is 27.5. The topological polar surface area (TPSA) is 61.4 Å². The summed E-state index contributed by atoms with van der Waals surface area (Å²) in [6.07, 6.45) is 9.52. The number of nitrogens with one attached hydrogen (secondary N) is 2. The first-order valence-corrected chi connectivity index (χ1v) is 14.7. The van der Waals surface area contributed by atoms with E-state index in [2.05, 4.69) is 27.7 Å². The van der Waals surface area contributed by atoms with E-state index < -0.39 is 0 Å². The lowest BCUT2D eigenvalue weighted by atomic mass is 9.76. The van der Waals surface area contributed by atoms with Gasteiger partial charge in [0, 0.05) is 35.0 Å². The van der Waals surface area contributed by atoms with Crippen LogP contribution in [-0.4, -0.2) is 42.9 Å². The van der Waals surface area contributed by atoms with Crippen LogP contribution in [0.5, 0.6) is 0 Å². The van der Waals surface area contributed by atoms with Gasteiger partial charge in [-0.25, -0.2) is 4.39 Å². The predicted octanol–water partition coefficient (Wildman–Crippen LogP) is 6.42. The normalized spacial score (nSPS) is 19.8. The molecule has 2 aromatic carbocycles. The van der Waals surface area contributed by atoms with Gasteiger partial charge in [0.25, 0.3) is 0 Å². The van der Waals surface area contributed by atoms with Crippen LogP contribution in [0.1, 0.15) is 81.3 Å². The molecule has 1 saturated heterocycles. The monoisotopic (exact) mass is 539 g/mol. The van der Waals surface area contributed by atoms with Crippen molar-refractivity contribution >= 4 is 29.1 Å². The van der Waals surface area contributed by atoms with Gasteiger partial charge >= 0.3 is 0 Å². The molecule has 5 rings (SSSR count). The van der Waals surface area contributed by atoms with Gasteiger partial charge in [-0.05, 0) is 106 Å². The highest BCUT2D eigenvalue weighted by Gasteiger charge is 2.39. The second kappa shape index (κ2) is 12.2. The average Bonchev–Trinajstić information content (AvgIpc) is 3.66. The molecule has 38 heavy (non-hydrogen) atoms. The number of benzene rings is 2. The molecule has 2 aromatic rings. The Kier molecular flexibility index (Phi) is 8.69. The highest BCUT2D eigenvalue weighted by molar-refractivity contribution is 6.31. The largest absolute Gasteiger partial charge is 0.356 e. The summed E-state index contributed by atoms with van der Waals surface area (Å²) < 4.78 is 13.6. The molecule has 2 aliphatic carbocycles. The zero-order chi connectivity index (χ0) is 26.5. The lowest BCUT2D eigenvalue weighted by molar-refractivity contribution is -0.122. The van der Waals surface area contributed by atoms with E-state index in [-0.39, 0.29) is 29.0 Å². The lowest BCUT2D eigenvalue weighted by Gasteiger charge is -2.32. The third-order valence-electron chi connectivity index (χ3n) is 8.70. The van der Waals surface area contributed by atoms with Gasteiger partial charge in [-0.2, -0.15) is 0 Å². The highest BCUT2D eigenvalue weighted by Crippen LogP contribution is 2.46. The van der Waals surface area contributed by atoms with Crippen molar-refractivity contribution in [2.45, 2.75) is 75.5 Å². The maximum atomic E-state index is 13.6. The number of hydrogen-bond acceptors (Lipinski definition) is 3. The minimum atomic E-state index is -0.341. The molecule has 0 aromatic heterocycles. The molecule has 5 nitrogen and oxygen atoms in total. The number of amides is 2. The van der Waals surface area contributed by atoms with Crippen LogP contribution in [0, 0.1) is 11.7 Å². The third kappa shape index (κ3) is 6.76. The first kappa shape index (κ1) is 27.1. The van der Waals surface area contributed by atoms with Gasteiger partial charge in [0.15, 0.2) is 0 Å². The van der Waals surface area contributed by atoms with E-state index in [9.17, 15) is 14.0 Å². The minimum Gasteiger partial charge on any atom is -0.356 e. The fraction of sp³-hybridized carbons (Fsp3) is 0.548. The Morgan fingerprint density at radius 3 is 2.50 bits per heavy atom. The summed E-state index contributed by atoms with van der Waals surface area (Å²) in [5.74, 6) is 0.598. The molecule has 0 unspecified atom stereocenters. The summed E-state index contributed by atoms with van der Waals surface area (Å²) in [6, 6.07) is 12.9. The third-order valence-corrected chi connectivity index (χ3v) is 9.01. The fourth-order valence-corrected chi connectivity index (χ4v) is 6.73. The summed E-state index contributed by atoms with van der Waals surface area (Å²) in [5, 5.41) is 6.62. The number of hydrogen-bond donors (Lipinski definition) is 2. The molecule has 7 heteroatoms. The Bertz CT molecular complexity index is 1140. The quantitative estimate of drug-likeness (QED) is 0.343. The highest BCUT2D eigenvalue weighted by atomic mass is 35.5. The van der Waals surface area contributed by atoms with Crippen LogP contribution in [0.3, 0.4) is 0 Å². The van der Waals surface area contributed by atoms with E-state index in [0.717, 1.165) is 88.7 Å². The molecule has 0 radical (unpaired) electrons. The Hall–Kier alpha value is -2.44. The molecule has 3 aliphatic rings. The number of nitrogens with zero attached hydrogens (tertiary/aromatic N) is 1. The number of carbonyl (C=O) groups excluding carboxylic acids is 2. The zero-order valence-corrected chi connectivity index (χ0v) is 22.9. The average molecular weight is 540 g/mol. The van der Waals surface area contributed by atoms with Gasteiger partial charge in [0.05, 0.1) is 0 Å².